The molecule has 0 unspecified atom stereocenters. The number of rotatable bonds is 9. The van der Waals surface area contributed by atoms with Crippen LogP contribution in [0.4, 0.5) is 0 Å². The normalized spacial score (nSPS) is 13.2. The number of amides is 1. The van der Waals surface area contributed by atoms with Crippen molar-refractivity contribution in [2.45, 2.75) is 30.3 Å². The predicted molar refractivity (Wildman–Crippen MR) is 128 cm³/mol. The summed E-state index contributed by atoms with van der Waals surface area (Å²) in [6.45, 7) is 1.83. The fourth-order valence-corrected chi connectivity index (χ4v) is 4.78. The molecule has 3 rings (SSSR count). The van der Waals surface area contributed by atoms with E-state index >= 15 is 0 Å². The van der Waals surface area contributed by atoms with Gasteiger partial charge in [0.15, 0.2) is 0 Å². The smallest absolute Gasteiger partial charge is 0.241 e. The van der Waals surface area contributed by atoms with Crippen LogP contribution >= 0.6 is 15.9 Å². The van der Waals surface area contributed by atoms with Crippen LogP contribution in [0.2, 0.25) is 0 Å². The molecule has 6 nitrogen and oxygen atoms in total. The van der Waals surface area contributed by atoms with Gasteiger partial charge in [-0.3, -0.25) is 4.79 Å². The van der Waals surface area contributed by atoms with Gasteiger partial charge < -0.3 is 10.1 Å². The fraction of sp³-hybridized carbons (Fsp3) is 0.208. The summed E-state index contributed by atoms with van der Waals surface area (Å²) in [6.07, 6.45) is 0.209. The molecule has 32 heavy (non-hydrogen) atoms. The standard InChI is InChI=1S/C24H25BrN2O4S/c1-17(21-10-6-7-11-23(21)31-2)26-24(28)22(16-18-8-4-3-5-9-18)27-32(29,30)20-14-12-19(25)13-15-20/h3-15,17,22,27H,16H2,1-2H3,(H,26,28)/t17-,22-/m0/s1. The largest absolute Gasteiger partial charge is 0.496 e. The van der Waals surface area contributed by atoms with Crippen molar-refractivity contribution < 1.29 is 17.9 Å². The highest BCUT2D eigenvalue weighted by Gasteiger charge is 2.27. The molecule has 0 aliphatic rings. The van der Waals surface area contributed by atoms with Crippen LogP contribution in [0.25, 0.3) is 0 Å². The summed E-state index contributed by atoms with van der Waals surface area (Å²) in [5, 5.41) is 2.92. The van der Waals surface area contributed by atoms with Crippen molar-refractivity contribution >= 4 is 31.9 Å². The highest BCUT2D eigenvalue weighted by atomic mass is 79.9. The van der Waals surface area contributed by atoms with E-state index in [0.29, 0.717) is 5.75 Å². The van der Waals surface area contributed by atoms with Gasteiger partial charge in [0.05, 0.1) is 18.0 Å². The molecule has 2 atom stereocenters. The zero-order valence-electron chi connectivity index (χ0n) is 17.8. The van der Waals surface area contributed by atoms with E-state index in [4.69, 9.17) is 4.74 Å². The van der Waals surface area contributed by atoms with E-state index in [9.17, 15) is 13.2 Å². The van der Waals surface area contributed by atoms with Gasteiger partial charge in [-0.15, -0.1) is 0 Å². The van der Waals surface area contributed by atoms with E-state index in [0.717, 1.165) is 15.6 Å². The maximum Gasteiger partial charge on any atom is 0.241 e. The Kier molecular flexibility index (Phi) is 8.06. The van der Waals surface area contributed by atoms with Gasteiger partial charge in [-0.2, -0.15) is 4.72 Å². The van der Waals surface area contributed by atoms with Gasteiger partial charge in [0, 0.05) is 10.0 Å². The number of para-hydroxylation sites is 1. The molecule has 1 amide bonds. The van der Waals surface area contributed by atoms with E-state index in [1.54, 1.807) is 19.2 Å². The first-order valence-corrected chi connectivity index (χ1v) is 12.3. The highest BCUT2D eigenvalue weighted by molar-refractivity contribution is 9.10. The highest BCUT2D eigenvalue weighted by Crippen LogP contribution is 2.24. The molecule has 0 fully saturated rings. The molecule has 0 saturated carbocycles. The van der Waals surface area contributed by atoms with Crippen molar-refractivity contribution in [1.29, 1.82) is 0 Å². The minimum Gasteiger partial charge on any atom is -0.496 e. The Morgan fingerprint density at radius 3 is 2.25 bits per heavy atom. The fourth-order valence-electron chi connectivity index (χ4n) is 3.32. The molecule has 168 valence electrons. The second-order valence-corrected chi connectivity index (χ2v) is 9.92. The topological polar surface area (TPSA) is 84.5 Å². The lowest BCUT2D eigenvalue weighted by molar-refractivity contribution is -0.123. The first-order valence-electron chi connectivity index (χ1n) is 10.1. The summed E-state index contributed by atoms with van der Waals surface area (Å²) < 4.78 is 34.7. The number of ether oxygens (including phenoxy) is 1. The maximum absolute atomic E-state index is 13.2. The molecule has 0 heterocycles. The molecule has 3 aromatic rings. The van der Waals surface area contributed by atoms with Gasteiger partial charge in [0.1, 0.15) is 11.8 Å². The molecule has 0 aliphatic heterocycles. The molecule has 0 bridgehead atoms. The number of hydrogen-bond donors (Lipinski definition) is 2. The minimum absolute atomic E-state index is 0.0874. The first kappa shape index (κ1) is 24.0. The summed E-state index contributed by atoms with van der Waals surface area (Å²) in [5.41, 5.74) is 1.65. The van der Waals surface area contributed by atoms with Gasteiger partial charge >= 0.3 is 0 Å². The molecule has 0 aromatic heterocycles. The molecule has 0 radical (unpaired) electrons. The lowest BCUT2D eigenvalue weighted by atomic mass is 10.0. The predicted octanol–water partition coefficient (Wildman–Crippen LogP) is 4.22. The van der Waals surface area contributed by atoms with Crippen molar-refractivity contribution in [2.24, 2.45) is 0 Å². The van der Waals surface area contributed by atoms with Gasteiger partial charge in [0.2, 0.25) is 15.9 Å². The van der Waals surface area contributed by atoms with Crippen LogP contribution in [-0.2, 0) is 21.2 Å². The summed E-state index contributed by atoms with van der Waals surface area (Å²) in [7, 11) is -2.34. The van der Waals surface area contributed by atoms with Crippen LogP contribution < -0.4 is 14.8 Å². The van der Waals surface area contributed by atoms with Crippen molar-refractivity contribution in [2.75, 3.05) is 7.11 Å². The molecule has 0 spiro atoms. The number of halogens is 1. The van der Waals surface area contributed by atoms with Gasteiger partial charge in [0.25, 0.3) is 0 Å². The monoisotopic (exact) mass is 516 g/mol. The number of carbonyl (C=O) groups excluding carboxylic acids is 1. The van der Waals surface area contributed by atoms with Crippen molar-refractivity contribution in [3.63, 3.8) is 0 Å². The zero-order valence-corrected chi connectivity index (χ0v) is 20.2. The molecular formula is C24H25BrN2O4S. The van der Waals surface area contributed by atoms with Crippen LogP contribution in [0.5, 0.6) is 5.75 Å². The third kappa shape index (κ3) is 6.18. The van der Waals surface area contributed by atoms with Crippen molar-refractivity contribution in [3.05, 3.63) is 94.5 Å². The number of carbonyl (C=O) groups is 1. The molecular weight excluding hydrogens is 492 g/mol. The third-order valence-electron chi connectivity index (χ3n) is 4.98. The molecule has 0 aliphatic carbocycles. The van der Waals surface area contributed by atoms with Crippen LogP contribution in [0.3, 0.4) is 0 Å². The third-order valence-corrected chi connectivity index (χ3v) is 7.00. The Labute approximate surface area is 197 Å². The lowest BCUT2D eigenvalue weighted by Gasteiger charge is -2.23. The average Bonchev–Trinajstić information content (AvgIpc) is 2.79. The minimum atomic E-state index is -3.91. The van der Waals surface area contributed by atoms with E-state index < -0.39 is 22.0 Å². The number of nitrogens with one attached hydrogen (secondary N) is 2. The number of hydrogen-bond acceptors (Lipinski definition) is 4. The summed E-state index contributed by atoms with van der Waals surface area (Å²) in [4.78, 5) is 13.3. The Morgan fingerprint density at radius 1 is 0.969 bits per heavy atom. The summed E-state index contributed by atoms with van der Waals surface area (Å²) in [5.74, 6) is 0.225. The second-order valence-electron chi connectivity index (χ2n) is 7.29. The molecule has 2 N–H and O–H groups in total. The van der Waals surface area contributed by atoms with Gasteiger partial charge in [-0.25, -0.2) is 8.42 Å². The average molecular weight is 517 g/mol. The van der Waals surface area contributed by atoms with Crippen molar-refractivity contribution in [1.82, 2.24) is 10.0 Å². The van der Waals surface area contributed by atoms with E-state index in [2.05, 4.69) is 26.0 Å². The van der Waals surface area contributed by atoms with Crippen LogP contribution in [0, 0.1) is 0 Å². The Hall–Kier alpha value is -2.68. The quantitative estimate of drug-likeness (QED) is 0.445. The van der Waals surface area contributed by atoms with E-state index in [1.165, 1.54) is 12.1 Å². The van der Waals surface area contributed by atoms with Crippen LogP contribution in [0.15, 0.2) is 88.2 Å². The van der Waals surface area contributed by atoms with Crippen LogP contribution in [-0.4, -0.2) is 27.5 Å². The van der Waals surface area contributed by atoms with Crippen LogP contribution in [0.1, 0.15) is 24.1 Å². The first-order chi connectivity index (χ1) is 15.3. The Balaban J connectivity index is 1.85. The maximum atomic E-state index is 13.2. The molecule has 3 aromatic carbocycles. The van der Waals surface area contributed by atoms with Gasteiger partial charge in [-0.1, -0.05) is 64.5 Å². The number of methoxy groups -OCH3 is 1. The number of sulfonamides is 1. The van der Waals surface area contributed by atoms with E-state index in [1.807, 2.05) is 61.5 Å². The second kappa shape index (κ2) is 10.8. The number of benzene rings is 3. The molecule has 0 saturated heterocycles. The van der Waals surface area contributed by atoms with E-state index in [-0.39, 0.29) is 17.4 Å². The van der Waals surface area contributed by atoms with Crippen molar-refractivity contribution in [3.8, 4) is 5.75 Å². The zero-order chi connectivity index (χ0) is 23.1. The Morgan fingerprint density at radius 2 is 1.59 bits per heavy atom. The summed E-state index contributed by atoms with van der Waals surface area (Å²) >= 11 is 3.30. The molecule has 8 heteroatoms. The lowest BCUT2D eigenvalue weighted by Crippen LogP contribution is -2.48. The van der Waals surface area contributed by atoms with Gasteiger partial charge in [-0.05, 0) is 49.2 Å². The Bertz CT molecular complexity index is 1150. The summed E-state index contributed by atoms with van der Waals surface area (Å²) in [6, 6.07) is 21.6. The SMILES string of the molecule is COc1ccccc1[C@H](C)NC(=O)[C@H](Cc1ccccc1)NS(=O)(=O)c1ccc(Br)cc1.